The first kappa shape index (κ1) is 24.7. The van der Waals surface area contributed by atoms with Crippen LogP contribution in [0.25, 0.3) is 0 Å². The fraction of sp³-hybridized carbons (Fsp3) is 0.121. The van der Waals surface area contributed by atoms with E-state index in [1.54, 1.807) is 11.0 Å². The first-order valence-corrected chi connectivity index (χ1v) is 12.5. The average molecular weight is 499 g/mol. The molecule has 4 aromatic carbocycles. The highest BCUT2D eigenvalue weighted by Crippen LogP contribution is 2.43. The van der Waals surface area contributed by atoms with Gasteiger partial charge in [0.15, 0.2) is 6.10 Å². The van der Waals surface area contributed by atoms with Crippen molar-refractivity contribution in [1.82, 2.24) is 0 Å². The van der Waals surface area contributed by atoms with Crippen molar-refractivity contribution in [3.63, 3.8) is 0 Å². The van der Waals surface area contributed by atoms with Crippen molar-refractivity contribution in [3.05, 3.63) is 144 Å². The number of carbonyl (C=O) groups is 2. The second kappa shape index (κ2) is 11.0. The molecule has 0 heterocycles. The van der Waals surface area contributed by atoms with E-state index in [1.807, 2.05) is 121 Å². The van der Waals surface area contributed by atoms with Crippen LogP contribution >= 0.6 is 0 Å². The summed E-state index contributed by atoms with van der Waals surface area (Å²) in [5, 5.41) is 10.3. The molecule has 1 aliphatic carbocycles. The molecule has 0 N–H and O–H groups in total. The third-order valence-corrected chi connectivity index (χ3v) is 6.74. The predicted molar refractivity (Wildman–Crippen MR) is 146 cm³/mol. The van der Waals surface area contributed by atoms with E-state index in [-0.39, 0.29) is 18.7 Å². The molecule has 1 amide bonds. The molecule has 0 bridgehead atoms. The van der Waals surface area contributed by atoms with E-state index in [1.165, 1.54) is 0 Å². The Bertz CT molecular complexity index is 1400. The number of hydrogen-bond donors (Lipinski definition) is 0. The summed E-state index contributed by atoms with van der Waals surface area (Å²) in [6.07, 6.45) is 1.17. The highest BCUT2D eigenvalue weighted by atomic mass is 16.5. The number of benzene rings is 4. The fourth-order valence-electron chi connectivity index (χ4n) is 4.74. The van der Waals surface area contributed by atoms with Gasteiger partial charge < -0.3 is 4.74 Å². The third kappa shape index (κ3) is 4.98. The summed E-state index contributed by atoms with van der Waals surface area (Å²) >= 11 is 0. The minimum atomic E-state index is -1.42. The summed E-state index contributed by atoms with van der Waals surface area (Å²) in [6.45, 7) is 0. The lowest BCUT2D eigenvalue weighted by Crippen LogP contribution is -2.40. The Morgan fingerprint density at radius 1 is 0.737 bits per heavy atom. The first-order chi connectivity index (χ1) is 18.6. The summed E-state index contributed by atoms with van der Waals surface area (Å²) in [4.78, 5) is 29.0. The Balaban J connectivity index is 1.41. The van der Waals surface area contributed by atoms with Crippen molar-refractivity contribution in [2.45, 2.75) is 18.9 Å². The molecule has 0 radical (unpaired) electrons. The van der Waals surface area contributed by atoms with E-state index in [2.05, 4.69) is 6.07 Å². The molecule has 186 valence electrons. The van der Waals surface area contributed by atoms with Gasteiger partial charge in [0, 0.05) is 23.4 Å². The van der Waals surface area contributed by atoms with Crippen molar-refractivity contribution in [1.29, 1.82) is 5.26 Å². The topological polar surface area (TPSA) is 70.4 Å². The summed E-state index contributed by atoms with van der Waals surface area (Å²) in [5.74, 6) is -0.905. The number of allylic oxidation sites excluding steroid dienone is 1. The van der Waals surface area contributed by atoms with E-state index in [0.29, 0.717) is 16.9 Å². The molecular formula is C33H26N2O3. The lowest BCUT2D eigenvalue weighted by Gasteiger charge is -2.30. The number of nitrogens with zero attached hydrogens (tertiary/aromatic N) is 2. The highest BCUT2D eigenvalue weighted by molar-refractivity contribution is 6.07. The maximum absolute atomic E-state index is 14.1. The molecular weight excluding hydrogens is 472 g/mol. The Morgan fingerprint density at radius 3 is 1.63 bits per heavy atom. The van der Waals surface area contributed by atoms with Gasteiger partial charge >= 0.3 is 5.97 Å². The van der Waals surface area contributed by atoms with Gasteiger partial charge in [-0.15, -0.1) is 0 Å². The van der Waals surface area contributed by atoms with Crippen LogP contribution < -0.4 is 4.90 Å². The van der Waals surface area contributed by atoms with Gasteiger partial charge in [-0.05, 0) is 41.8 Å². The first-order valence-electron chi connectivity index (χ1n) is 12.5. The van der Waals surface area contributed by atoms with E-state index in [0.717, 1.165) is 11.1 Å². The van der Waals surface area contributed by atoms with Gasteiger partial charge in [-0.2, -0.15) is 5.26 Å². The minimum absolute atomic E-state index is 0.0202. The zero-order chi connectivity index (χ0) is 26.4. The number of para-hydroxylation sites is 2. The Labute approximate surface area is 222 Å². The molecule has 0 fully saturated rings. The zero-order valence-electron chi connectivity index (χ0n) is 20.7. The maximum Gasteiger partial charge on any atom is 0.334 e. The maximum atomic E-state index is 14.1. The van der Waals surface area contributed by atoms with Gasteiger partial charge in [0.2, 0.25) is 0 Å². The van der Waals surface area contributed by atoms with Crippen LogP contribution in [-0.2, 0) is 14.3 Å². The smallest absolute Gasteiger partial charge is 0.334 e. The van der Waals surface area contributed by atoms with E-state index < -0.39 is 17.5 Å². The lowest BCUT2D eigenvalue weighted by atomic mass is 9.84. The van der Waals surface area contributed by atoms with Crippen LogP contribution in [-0.4, -0.2) is 11.9 Å². The number of amides is 1. The molecule has 0 aliphatic heterocycles. The van der Waals surface area contributed by atoms with Gasteiger partial charge in [-0.1, -0.05) is 103 Å². The normalized spacial score (nSPS) is 16.4. The molecule has 1 atom stereocenters. The molecule has 1 aliphatic rings. The van der Waals surface area contributed by atoms with Crippen molar-refractivity contribution >= 4 is 23.3 Å². The monoisotopic (exact) mass is 498 g/mol. The Hall–Kier alpha value is -4.95. The number of anilines is 2. The van der Waals surface area contributed by atoms with Gasteiger partial charge in [0.05, 0.1) is 6.07 Å². The van der Waals surface area contributed by atoms with E-state index in [4.69, 9.17) is 4.74 Å². The van der Waals surface area contributed by atoms with Crippen LogP contribution in [0, 0.1) is 16.7 Å². The molecule has 0 saturated carbocycles. The number of carbonyl (C=O) groups excluding carboxylic acids is 2. The van der Waals surface area contributed by atoms with E-state index in [9.17, 15) is 14.9 Å². The Morgan fingerprint density at radius 2 is 1.18 bits per heavy atom. The summed E-state index contributed by atoms with van der Waals surface area (Å²) in [6, 6.07) is 39.8. The SMILES string of the molecule is N#C[C@@]1(C(=O)N(c2ccccc2)c2ccccc2)CC=C(C(=O)OC(c2ccccc2)c2ccccc2)C1. The van der Waals surface area contributed by atoms with Crippen LogP contribution in [0.3, 0.4) is 0 Å². The molecule has 0 saturated heterocycles. The zero-order valence-corrected chi connectivity index (χ0v) is 20.7. The number of esters is 1. The standard InChI is InChI=1S/C33H26N2O3/c34-24-33(32(37)35(28-17-9-3-10-18-28)29-19-11-4-12-20-29)22-21-27(23-33)31(36)38-30(25-13-5-1-6-14-25)26-15-7-2-8-16-26/h1-21,30H,22-23H2/t33-/m1/s1. The molecule has 0 spiro atoms. The predicted octanol–water partition coefficient (Wildman–Crippen LogP) is 6.91. The van der Waals surface area contributed by atoms with Crippen LogP contribution in [0.5, 0.6) is 0 Å². The van der Waals surface area contributed by atoms with E-state index >= 15 is 0 Å². The van der Waals surface area contributed by atoms with Crippen LogP contribution in [0.2, 0.25) is 0 Å². The lowest BCUT2D eigenvalue weighted by molar-refractivity contribution is -0.143. The van der Waals surface area contributed by atoms with Crippen LogP contribution in [0.15, 0.2) is 133 Å². The Kier molecular flexibility index (Phi) is 7.15. The summed E-state index contributed by atoms with van der Waals surface area (Å²) in [5.41, 5.74) is 1.90. The summed E-state index contributed by atoms with van der Waals surface area (Å²) < 4.78 is 6.01. The molecule has 4 aromatic rings. The molecule has 0 unspecified atom stereocenters. The van der Waals surface area contributed by atoms with Crippen molar-refractivity contribution < 1.29 is 14.3 Å². The second-order valence-electron chi connectivity index (χ2n) is 9.22. The quantitative estimate of drug-likeness (QED) is 0.260. The number of hydrogen-bond acceptors (Lipinski definition) is 4. The summed E-state index contributed by atoms with van der Waals surface area (Å²) in [7, 11) is 0. The van der Waals surface area contributed by atoms with Gasteiger partial charge in [-0.3, -0.25) is 9.69 Å². The molecule has 38 heavy (non-hydrogen) atoms. The molecule has 0 aromatic heterocycles. The number of nitriles is 1. The van der Waals surface area contributed by atoms with Crippen molar-refractivity contribution in [2.24, 2.45) is 5.41 Å². The van der Waals surface area contributed by atoms with Crippen molar-refractivity contribution in [2.75, 3.05) is 4.90 Å². The molecule has 5 nitrogen and oxygen atoms in total. The number of ether oxygens (including phenoxy) is 1. The minimum Gasteiger partial charge on any atom is -0.449 e. The van der Waals surface area contributed by atoms with Gasteiger partial charge in [-0.25, -0.2) is 4.79 Å². The fourth-order valence-corrected chi connectivity index (χ4v) is 4.74. The molecule has 5 heteroatoms. The highest BCUT2D eigenvalue weighted by Gasteiger charge is 2.47. The van der Waals surface area contributed by atoms with Gasteiger partial charge in [0.1, 0.15) is 5.41 Å². The second-order valence-corrected chi connectivity index (χ2v) is 9.22. The van der Waals surface area contributed by atoms with Gasteiger partial charge in [0.25, 0.3) is 5.91 Å². The average Bonchev–Trinajstić information content (AvgIpc) is 3.44. The largest absolute Gasteiger partial charge is 0.449 e. The molecule has 5 rings (SSSR count). The van der Waals surface area contributed by atoms with Crippen LogP contribution in [0.4, 0.5) is 11.4 Å². The third-order valence-electron chi connectivity index (χ3n) is 6.74. The van der Waals surface area contributed by atoms with Crippen LogP contribution in [0.1, 0.15) is 30.1 Å². The van der Waals surface area contributed by atoms with Crippen molar-refractivity contribution in [3.8, 4) is 6.07 Å². The number of rotatable bonds is 7.